The number of carbonyl (C=O) groups excluding carboxylic acids is 1. The van der Waals surface area contributed by atoms with Crippen LogP contribution in [-0.2, 0) is 0 Å². The van der Waals surface area contributed by atoms with Gasteiger partial charge in [-0.25, -0.2) is 4.98 Å². The quantitative estimate of drug-likeness (QED) is 0.914. The molecular weight excluding hydrogens is 304 g/mol. The molecule has 4 heterocycles. The molecule has 2 aliphatic rings. The van der Waals surface area contributed by atoms with Crippen molar-refractivity contribution in [2.75, 3.05) is 19.8 Å². The van der Waals surface area contributed by atoms with Gasteiger partial charge in [0.2, 0.25) is 0 Å². The summed E-state index contributed by atoms with van der Waals surface area (Å²) in [5.41, 5.74) is 0. The van der Waals surface area contributed by atoms with Gasteiger partial charge in [0.25, 0.3) is 5.91 Å². The molecule has 0 aliphatic carbocycles. The third-order valence-corrected chi connectivity index (χ3v) is 4.85. The lowest BCUT2D eigenvalue weighted by atomic mass is 10.2. The van der Waals surface area contributed by atoms with Gasteiger partial charge in [0, 0.05) is 11.9 Å². The molecular formula is C14H16N4O3S. The smallest absolute Gasteiger partial charge is 0.268 e. The van der Waals surface area contributed by atoms with Crippen molar-refractivity contribution >= 4 is 17.2 Å². The predicted molar refractivity (Wildman–Crippen MR) is 79.4 cm³/mol. The van der Waals surface area contributed by atoms with Crippen molar-refractivity contribution in [2.24, 2.45) is 0 Å². The number of H-pyrrole nitrogens is 1. The summed E-state index contributed by atoms with van der Waals surface area (Å²) >= 11 is 1.37. The molecule has 0 saturated carbocycles. The van der Waals surface area contributed by atoms with E-state index < -0.39 is 0 Å². The number of amides is 1. The van der Waals surface area contributed by atoms with Crippen LogP contribution in [0, 0.1) is 6.92 Å². The Balaban J connectivity index is 1.63. The van der Waals surface area contributed by atoms with Gasteiger partial charge in [-0.1, -0.05) is 0 Å². The predicted octanol–water partition coefficient (Wildman–Crippen LogP) is 1.92. The Morgan fingerprint density at radius 3 is 3.14 bits per heavy atom. The topological polar surface area (TPSA) is 80.3 Å². The second kappa shape index (κ2) is 5.28. The number of nitrogens with zero attached hydrogens (tertiary/aromatic N) is 3. The number of rotatable bonds is 2. The van der Waals surface area contributed by atoms with Crippen molar-refractivity contribution in [3.63, 3.8) is 0 Å². The molecule has 0 bridgehead atoms. The van der Waals surface area contributed by atoms with E-state index in [4.69, 9.17) is 9.47 Å². The van der Waals surface area contributed by atoms with E-state index in [1.54, 1.807) is 0 Å². The Bertz CT molecular complexity index is 711. The Kier molecular flexibility index (Phi) is 3.25. The summed E-state index contributed by atoms with van der Waals surface area (Å²) in [5, 5.41) is 8.90. The average molecular weight is 320 g/mol. The Morgan fingerprint density at radius 1 is 1.45 bits per heavy atom. The molecule has 4 rings (SSSR count). The lowest BCUT2D eigenvalue weighted by Gasteiger charge is -2.23. The molecule has 1 atom stereocenters. The molecule has 0 spiro atoms. The fraction of sp³-hybridized carbons (Fsp3) is 0.500. The molecule has 8 heteroatoms. The fourth-order valence-electron chi connectivity index (χ4n) is 2.93. The van der Waals surface area contributed by atoms with Crippen LogP contribution in [0.3, 0.4) is 0 Å². The van der Waals surface area contributed by atoms with Gasteiger partial charge in [0.1, 0.15) is 23.9 Å². The van der Waals surface area contributed by atoms with E-state index in [1.165, 1.54) is 11.3 Å². The van der Waals surface area contributed by atoms with E-state index >= 15 is 0 Å². The van der Waals surface area contributed by atoms with Crippen molar-refractivity contribution in [1.29, 1.82) is 0 Å². The molecule has 2 aromatic rings. The zero-order chi connectivity index (χ0) is 15.1. The molecule has 2 aromatic heterocycles. The largest absolute Gasteiger partial charge is 0.485 e. The summed E-state index contributed by atoms with van der Waals surface area (Å²) in [5.74, 6) is 2.68. The summed E-state index contributed by atoms with van der Waals surface area (Å²) in [6, 6.07) is -0.0697. The lowest BCUT2D eigenvalue weighted by Crippen LogP contribution is -2.31. The molecule has 0 unspecified atom stereocenters. The maximum Gasteiger partial charge on any atom is 0.268 e. The minimum absolute atomic E-state index is 0.0262. The number of aryl methyl sites for hydroxylation is 1. The number of fused-ring (bicyclic) bond motifs is 1. The highest BCUT2D eigenvalue weighted by molar-refractivity contribution is 7.12. The second-order valence-corrected chi connectivity index (χ2v) is 6.27. The molecule has 1 amide bonds. The van der Waals surface area contributed by atoms with Crippen LogP contribution < -0.4 is 9.47 Å². The Labute approximate surface area is 131 Å². The molecule has 0 aromatic carbocycles. The van der Waals surface area contributed by atoms with Crippen molar-refractivity contribution in [3.8, 4) is 11.5 Å². The van der Waals surface area contributed by atoms with Crippen molar-refractivity contribution in [3.05, 3.63) is 21.9 Å². The first-order valence-corrected chi connectivity index (χ1v) is 8.19. The van der Waals surface area contributed by atoms with E-state index in [2.05, 4.69) is 15.2 Å². The summed E-state index contributed by atoms with van der Waals surface area (Å²) in [6.45, 7) is 3.58. The maximum absolute atomic E-state index is 12.9. The van der Waals surface area contributed by atoms with E-state index in [0.29, 0.717) is 42.0 Å². The van der Waals surface area contributed by atoms with Gasteiger partial charge in [-0.05, 0) is 19.8 Å². The van der Waals surface area contributed by atoms with Gasteiger partial charge < -0.3 is 14.4 Å². The van der Waals surface area contributed by atoms with Crippen LogP contribution in [0.25, 0.3) is 0 Å². The molecule has 1 fully saturated rings. The van der Waals surface area contributed by atoms with Gasteiger partial charge in [-0.2, -0.15) is 5.10 Å². The van der Waals surface area contributed by atoms with Crippen LogP contribution in [0.2, 0.25) is 0 Å². The first-order valence-electron chi connectivity index (χ1n) is 7.31. The standard InChI is InChI=1S/C14H16N4O3S/c1-8-15-13(17-16-8)9-3-2-4-18(9)14(19)12-11-10(7-22-12)20-5-6-21-11/h7,9H,2-6H2,1H3,(H,15,16,17)/t9-/m0/s1. The average Bonchev–Trinajstić information content (AvgIpc) is 3.25. The Hall–Kier alpha value is -2.09. The van der Waals surface area contributed by atoms with E-state index in [-0.39, 0.29) is 11.9 Å². The van der Waals surface area contributed by atoms with Gasteiger partial charge in [0.15, 0.2) is 17.3 Å². The maximum atomic E-state index is 12.9. The van der Waals surface area contributed by atoms with Crippen LogP contribution in [-0.4, -0.2) is 45.7 Å². The van der Waals surface area contributed by atoms with E-state index in [1.807, 2.05) is 17.2 Å². The van der Waals surface area contributed by atoms with Crippen LogP contribution in [0.1, 0.15) is 40.2 Å². The number of thiophene rings is 1. The van der Waals surface area contributed by atoms with E-state index in [9.17, 15) is 4.79 Å². The highest BCUT2D eigenvalue weighted by atomic mass is 32.1. The number of nitrogens with one attached hydrogen (secondary N) is 1. The molecule has 2 aliphatic heterocycles. The van der Waals surface area contributed by atoms with Crippen LogP contribution in [0.15, 0.2) is 5.38 Å². The van der Waals surface area contributed by atoms with Crippen molar-refractivity contribution < 1.29 is 14.3 Å². The third-order valence-electron chi connectivity index (χ3n) is 3.92. The molecule has 1 N–H and O–H groups in total. The summed E-state index contributed by atoms with van der Waals surface area (Å²) in [7, 11) is 0. The summed E-state index contributed by atoms with van der Waals surface area (Å²) < 4.78 is 11.1. The number of aromatic amines is 1. The normalized spacial score (nSPS) is 20.4. The van der Waals surface area contributed by atoms with Gasteiger partial charge in [0.05, 0.1) is 6.04 Å². The van der Waals surface area contributed by atoms with Crippen LogP contribution >= 0.6 is 11.3 Å². The number of ether oxygens (including phenoxy) is 2. The van der Waals surface area contributed by atoms with Crippen molar-refractivity contribution in [2.45, 2.75) is 25.8 Å². The first-order chi connectivity index (χ1) is 10.7. The third kappa shape index (κ3) is 2.14. The zero-order valence-electron chi connectivity index (χ0n) is 12.2. The highest BCUT2D eigenvalue weighted by Crippen LogP contribution is 2.42. The number of carbonyl (C=O) groups is 1. The summed E-state index contributed by atoms with van der Waals surface area (Å²) in [6.07, 6.45) is 1.84. The van der Waals surface area contributed by atoms with Gasteiger partial charge in [-0.3, -0.25) is 9.89 Å². The van der Waals surface area contributed by atoms with Crippen molar-refractivity contribution in [1.82, 2.24) is 20.1 Å². The number of aromatic nitrogens is 3. The van der Waals surface area contributed by atoms with Crippen LogP contribution in [0.5, 0.6) is 11.5 Å². The SMILES string of the molecule is Cc1nc([C@@H]2CCCN2C(=O)c2scc3c2OCCO3)n[nH]1. The monoisotopic (exact) mass is 320 g/mol. The zero-order valence-corrected chi connectivity index (χ0v) is 13.0. The molecule has 7 nitrogen and oxygen atoms in total. The minimum Gasteiger partial charge on any atom is -0.485 e. The molecule has 0 radical (unpaired) electrons. The highest BCUT2D eigenvalue weighted by Gasteiger charge is 2.36. The Morgan fingerprint density at radius 2 is 2.32 bits per heavy atom. The van der Waals surface area contributed by atoms with E-state index in [0.717, 1.165) is 18.7 Å². The fourth-order valence-corrected chi connectivity index (χ4v) is 3.81. The lowest BCUT2D eigenvalue weighted by molar-refractivity contribution is 0.0726. The molecule has 116 valence electrons. The molecule has 22 heavy (non-hydrogen) atoms. The minimum atomic E-state index is -0.0697. The number of likely N-dealkylation sites (tertiary alicyclic amines) is 1. The summed E-state index contributed by atoms with van der Waals surface area (Å²) in [4.78, 5) is 19.7. The van der Waals surface area contributed by atoms with Gasteiger partial charge in [-0.15, -0.1) is 11.3 Å². The molecule has 1 saturated heterocycles. The number of hydrogen-bond acceptors (Lipinski definition) is 6. The second-order valence-electron chi connectivity index (χ2n) is 5.39. The number of hydrogen-bond donors (Lipinski definition) is 1. The van der Waals surface area contributed by atoms with Crippen LogP contribution in [0.4, 0.5) is 0 Å². The van der Waals surface area contributed by atoms with Gasteiger partial charge >= 0.3 is 0 Å². The first kappa shape index (κ1) is 13.6.